The van der Waals surface area contributed by atoms with E-state index in [2.05, 4.69) is 5.32 Å². The van der Waals surface area contributed by atoms with Crippen LogP contribution in [0, 0.1) is 11.8 Å². The van der Waals surface area contributed by atoms with Crippen LogP contribution < -0.4 is 19.5 Å². The molecule has 202 valence electrons. The summed E-state index contributed by atoms with van der Waals surface area (Å²) in [6.45, 7) is 5.89. The van der Waals surface area contributed by atoms with Crippen LogP contribution in [0.15, 0.2) is 34.7 Å². The van der Waals surface area contributed by atoms with Crippen LogP contribution in [0.3, 0.4) is 0 Å². The van der Waals surface area contributed by atoms with Crippen molar-refractivity contribution >= 4 is 29.5 Å². The molecule has 1 aliphatic heterocycles. The van der Waals surface area contributed by atoms with Gasteiger partial charge in [0.25, 0.3) is 0 Å². The molecule has 0 fully saturated rings. The molecule has 3 rings (SSSR count). The number of ether oxygens (including phenoxy) is 5. The van der Waals surface area contributed by atoms with Crippen molar-refractivity contribution in [2.24, 2.45) is 11.8 Å². The number of Topliss-reactive ketones (excluding diaryl/α,β-unsaturated/α-hetero) is 1. The first-order chi connectivity index (χ1) is 17.7. The summed E-state index contributed by atoms with van der Waals surface area (Å²) in [5, 5.41) is 3.26. The number of carbonyl (C=O) groups is 3. The van der Waals surface area contributed by atoms with Gasteiger partial charge in [0.2, 0.25) is 5.75 Å². The summed E-state index contributed by atoms with van der Waals surface area (Å²) in [5.41, 5.74) is 2.46. The highest BCUT2D eigenvalue weighted by atomic mass is 32.2. The van der Waals surface area contributed by atoms with Gasteiger partial charge in [0.15, 0.2) is 17.3 Å². The minimum atomic E-state index is -0.980. The first-order valence-corrected chi connectivity index (χ1v) is 13.3. The van der Waals surface area contributed by atoms with Gasteiger partial charge in [-0.05, 0) is 42.7 Å². The number of benzene rings is 1. The quantitative estimate of drug-likeness (QED) is 0.272. The molecule has 0 saturated heterocycles. The Morgan fingerprint density at radius 3 is 2.27 bits per heavy atom. The number of allylic oxidation sites excluding steroid dienone is 3. The zero-order valence-corrected chi connectivity index (χ0v) is 23.2. The number of thioether (sulfide) groups is 1. The van der Waals surface area contributed by atoms with Crippen LogP contribution in [0.1, 0.15) is 38.7 Å². The summed E-state index contributed by atoms with van der Waals surface area (Å²) in [6.07, 6.45) is 0.439. The van der Waals surface area contributed by atoms with E-state index in [1.165, 1.54) is 28.4 Å². The second-order valence-corrected chi connectivity index (χ2v) is 10.2. The number of ketones is 1. The van der Waals surface area contributed by atoms with Crippen molar-refractivity contribution in [1.29, 1.82) is 0 Å². The van der Waals surface area contributed by atoms with Gasteiger partial charge in [-0.25, -0.2) is 4.79 Å². The van der Waals surface area contributed by atoms with E-state index in [-0.39, 0.29) is 18.3 Å². The molecule has 0 radical (unpaired) electrons. The predicted octanol–water partition coefficient (Wildman–Crippen LogP) is 3.62. The Labute approximate surface area is 221 Å². The van der Waals surface area contributed by atoms with Crippen molar-refractivity contribution in [3.05, 3.63) is 40.2 Å². The Morgan fingerprint density at radius 1 is 1.08 bits per heavy atom. The lowest BCUT2D eigenvalue weighted by Crippen LogP contribution is -2.43. The predicted molar refractivity (Wildman–Crippen MR) is 140 cm³/mol. The highest BCUT2D eigenvalue weighted by molar-refractivity contribution is 7.99. The highest BCUT2D eigenvalue weighted by Crippen LogP contribution is 2.49. The molecule has 0 saturated carbocycles. The first kappa shape index (κ1) is 28.4. The van der Waals surface area contributed by atoms with Gasteiger partial charge < -0.3 is 29.0 Å². The van der Waals surface area contributed by atoms with Crippen LogP contribution >= 0.6 is 11.8 Å². The fourth-order valence-corrected chi connectivity index (χ4v) is 5.46. The molecule has 1 aliphatic carbocycles. The van der Waals surface area contributed by atoms with Crippen molar-refractivity contribution in [2.75, 3.05) is 46.6 Å². The average Bonchev–Trinajstić information content (AvgIpc) is 2.88. The van der Waals surface area contributed by atoms with Gasteiger partial charge in [0.1, 0.15) is 12.5 Å². The zero-order valence-electron chi connectivity index (χ0n) is 22.4. The molecule has 0 amide bonds. The number of esters is 2. The van der Waals surface area contributed by atoms with Crippen LogP contribution in [0.2, 0.25) is 0 Å². The maximum absolute atomic E-state index is 13.9. The van der Waals surface area contributed by atoms with E-state index in [9.17, 15) is 14.4 Å². The van der Waals surface area contributed by atoms with E-state index in [1.807, 2.05) is 13.8 Å². The fraction of sp³-hybridized carbons (Fsp3) is 0.519. The summed E-state index contributed by atoms with van der Waals surface area (Å²) >= 11 is 1.66. The van der Waals surface area contributed by atoms with Crippen molar-refractivity contribution in [3.63, 3.8) is 0 Å². The molecule has 1 N–H and O–H groups in total. The molecule has 0 bridgehead atoms. The maximum Gasteiger partial charge on any atom is 0.336 e. The topological polar surface area (TPSA) is 109 Å². The van der Waals surface area contributed by atoms with Crippen molar-refractivity contribution < 1.29 is 38.1 Å². The number of dihydropyridines is 1. The van der Waals surface area contributed by atoms with E-state index in [1.54, 1.807) is 30.8 Å². The molecule has 0 unspecified atom stereocenters. The summed E-state index contributed by atoms with van der Waals surface area (Å²) in [6, 6.07) is 3.43. The summed E-state index contributed by atoms with van der Waals surface area (Å²) in [7, 11) is 5.76. The Kier molecular flexibility index (Phi) is 9.53. The zero-order chi connectivity index (χ0) is 27.3. The van der Waals surface area contributed by atoms with Gasteiger partial charge in [-0.1, -0.05) is 13.8 Å². The summed E-state index contributed by atoms with van der Waals surface area (Å²) in [4.78, 5) is 40.0. The van der Waals surface area contributed by atoms with E-state index in [0.29, 0.717) is 57.5 Å². The Hall–Kier alpha value is -3.14. The third-order valence-corrected chi connectivity index (χ3v) is 7.51. The summed E-state index contributed by atoms with van der Waals surface area (Å²) in [5.74, 6) is -0.882. The number of rotatable bonds is 10. The van der Waals surface area contributed by atoms with Gasteiger partial charge in [-0.3, -0.25) is 9.59 Å². The largest absolute Gasteiger partial charge is 0.493 e. The first-order valence-electron chi connectivity index (χ1n) is 12.1. The fourth-order valence-electron chi connectivity index (χ4n) is 4.97. The summed E-state index contributed by atoms with van der Waals surface area (Å²) < 4.78 is 27.2. The van der Waals surface area contributed by atoms with E-state index < -0.39 is 23.8 Å². The molecule has 0 spiro atoms. The molecular weight excluding hydrogens is 498 g/mol. The monoisotopic (exact) mass is 533 g/mol. The number of carbonyl (C=O) groups excluding carboxylic acids is 3. The molecule has 2 aliphatic rings. The SMILES string of the molecule is CCSCCOC(=O)C1=C(C)NC2=C(C(=O)[C@@H](C(=O)OC)[C@@H](C)C2)[C@@H]1c1cc(OC)c(OC)c(OC)c1. The van der Waals surface area contributed by atoms with Gasteiger partial charge >= 0.3 is 11.9 Å². The molecule has 1 heterocycles. The van der Waals surface area contributed by atoms with Crippen LogP contribution in [-0.4, -0.2) is 64.3 Å². The van der Waals surface area contributed by atoms with Gasteiger partial charge in [0, 0.05) is 28.6 Å². The van der Waals surface area contributed by atoms with Crippen LogP contribution in [0.5, 0.6) is 17.2 Å². The number of nitrogens with one attached hydrogen (secondary N) is 1. The van der Waals surface area contributed by atoms with E-state index >= 15 is 0 Å². The molecule has 1 aromatic carbocycles. The molecule has 9 nitrogen and oxygen atoms in total. The third-order valence-electron chi connectivity index (χ3n) is 6.65. The Balaban J connectivity index is 2.21. The second kappa shape index (κ2) is 12.4. The lowest BCUT2D eigenvalue weighted by molar-refractivity contribution is -0.151. The smallest absolute Gasteiger partial charge is 0.336 e. The molecule has 3 atom stereocenters. The van der Waals surface area contributed by atoms with Crippen LogP contribution in [-0.2, 0) is 23.9 Å². The normalized spacial score (nSPS) is 21.2. The third kappa shape index (κ3) is 5.58. The van der Waals surface area contributed by atoms with Gasteiger partial charge in [-0.2, -0.15) is 11.8 Å². The number of methoxy groups -OCH3 is 4. The lowest BCUT2D eigenvalue weighted by atomic mass is 9.69. The van der Waals surface area contributed by atoms with Crippen LogP contribution in [0.25, 0.3) is 0 Å². The van der Waals surface area contributed by atoms with Crippen LogP contribution in [0.4, 0.5) is 0 Å². The second-order valence-electron chi connectivity index (χ2n) is 8.83. The van der Waals surface area contributed by atoms with Crippen molar-refractivity contribution in [1.82, 2.24) is 5.32 Å². The molecular formula is C27H35NO8S. The Morgan fingerprint density at radius 2 is 1.73 bits per heavy atom. The number of hydrogen-bond acceptors (Lipinski definition) is 10. The van der Waals surface area contributed by atoms with E-state index in [0.717, 1.165) is 5.75 Å². The molecule has 37 heavy (non-hydrogen) atoms. The van der Waals surface area contributed by atoms with Crippen molar-refractivity contribution in [3.8, 4) is 17.2 Å². The lowest BCUT2D eigenvalue weighted by Gasteiger charge is -2.38. The van der Waals surface area contributed by atoms with Gasteiger partial charge in [0.05, 0.1) is 34.0 Å². The number of hydrogen-bond donors (Lipinski definition) is 1. The molecule has 0 aromatic heterocycles. The molecule has 10 heteroatoms. The van der Waals surface area contributed by atoms with Crippen molar-refractivity contribution in [2.45, 2.75) is 33.1 Å². The maximum atomic E-state index is 13.9. The van der Waals surface area contributed by atoms with Gasteiger partial charge in [-0.15, -0.1) is 0 Å². The minimum absolute atomic E-state index is 0.234. The van der Waals surface area contributed by atoms with E-state index in [4.69, 9.17) is 23.7 Å². The highest BCUT2D eigenvalue weighted by Gasteiger charge is 2.47. The average molecular weight is 534 g/mol. The molecule has 1 aromatic rings. The Bertz CT molecular complexity index is 1100. The standard InChI is InChI=1S/C27H35NO8S/c1-8-37-10-9-36-27(31)21-15(3)28-17-11-14(2)20(26(30)35-7)24(29)23(17)22(21)16-12-18(32-4)25(34-6)19(13-16)33-5/h12-14,20,22,28H,8-11H2,1-7H3/t14-,20-,22+/m0/s1. The minimum Gasteiger partial charge on any atom is -0.493 e.